The normalized spacial score (nSPS) is 13.8. The molecule has 1 N–H and O–H groups in total. The first kappa shape index (κ1) is 13.7. The van der Waals surface area contributed by atoms with E-state index < -0.39 is 0 Å². The Morgan fingerprint density at radius 2 is 1.71 bits per heavy atom. The molecular formula is C13H27N. The summed E-state index contributed by atoms with van der Waals surface area (Å²) in [6.45, 7) is 14.4. The van der Waals surface area contributed by atoms with Gasteiger partial charge in [-0.3, -0.25) is 0 Å². The van der Waals surface area contributed by atoms with Gasteiger partial charge in [-0.05, 0) is 46.5 Å². The molecule has 0 unspecified atom stereocenters. The summed E-state index contributed by atoms with van der Waals surface area (Å²) in [5.74, 6) is 0.761. The smallest absolute Gasteiger partial charge is 0.0166 e. The molecule has 1 nitrogen and oxygen atoms in total. The molecule has 0 spiro atoms. The van der Waals surface area contributed by atoms with Crippen molar-refractivity contribution in [3.8, 4) is 0 Å². The van der Waals surface area contributed by atoms with Gasteiger partial charge in [0.2, 0.25) is 0 Å². The highest BCUT2D eigenvalue weighted by Gasteiger charge is 2.08. The predicted octanol–water partition coefficient (Wildman–Crippen LogP) is 3.76. The van der Waals surface area contributed by atoms with Crippen molar-refractivity contribution in [1.82, 2.24) is 5.32 Å². The van der Waals surface area contributed by atoms with Crippen LogP contribution in [0, 0.1) is 5.92 Å². The highest BCUT2D eigenvalue weighted by molar-refractivity contribution is 5.03. The second-order valence-corrected chi connectivity index (χ2v) is 5.19. The molecule has 1 heteroatoms. The number of hydrogen-bond donors (Lipinski definition) is 1. The van der Waals surface area contributed by atoms with Crippen LogP contribution in [0.2, 0.25) is 0 Å². The van der Waals surface area contributed by atoms with Crippen LogP contribution in [0.15, 0.2) is 11.6 Å². The van der Waals surface area contributed by atoms with Crippen LogP contribution in [0.5, 0.6) is 0 Å². The van der Waals surface area contributed by atoms with E-state index in [1.165, 1.54) is 18.4 Å². The summed E-state index contributed by atoms with van der Waals surface area (Å²) in [7, 11) is 0. The van der Waals surface area contributed by atoms with Crippen LogP contribution in [0.1, 0.15) is 54.4 Å². The molecule has 0 aliphatic heterocycles. The average Bonchev–Trinajstić information content (AvgIpc) is 2.09. The quantitative estimate of drug-likeness (QED) is 0.662. The number of hydrogen-bond acceptors (Lipinski definition) is 1. The van der Waals surface area contributed by atoms with Crippen LogP contribution < -0.4 is 5.32 Å². The molecule has 0 aromatic heterocycles. The third-order valence-electron chi connectivity index (χ3n) is 2.47. The lowest BCUT2D eigenvalue weighted by molar-refractivity contribution is 0.443. The Morgan fingerprint density at radius 3 is 2.07 bits per heavy atom. The van der Waals surface area contributed by atoms with Crippen molar-refractivity contribution in [2.24, 2.45) is 5.92 Å². The molecule has 0 amide bonds. The Bertz CT molecular complexity index is 170. The highest BCUT2D eigenvalue weighted by Crippen LogP contribution is 2.12. The third-order valence-corrected chi connectivity index (χ3v) is 2.47. The molecule has 0 aliphatic rings. The molecule has 0 saturated heterocycles. The Kier molecular flexibility index (Phi) is 6.10. The predicted molar refractivity (Wildman–Crippen MR) is 65.6 cm³/mol. The zero-order valence-corrected chi connectivity index (χ0v) is 10.8. The number of rotatable bonds is 5. The third kappa shape index (κ3) is 7.14. The van der Waals surface area contributed by atoms with Gasteiger partial charge in [0.25, 0.3) is 0 Å². The van der Waals surface area contributed by atoms with Crippen molar-refractivity contribution >= 4 is 0 Å². The zero-order chi connectivity index (χ0) is 11.2. The van der Waals surface area contributed by atoms with E-state index in [9.17, 15) is 0 Å². The van der Waals surface area contributed by atoms with Gasteiger partial charge in [0.05, 0.1) is 0 Å². The van der Waals surface area contributed by atoms with E-state index in [4.69, 9.17) is 0 Å². The molecule has 0 aromatic carbocycles. The fraction of sp³-hybridized carbons (Fsp3) is 0.846. The molecule has 0 rings (SSSR count). The van der Waals surface area contributed by atoms with Crippen LogP contribution in [0.25, 0.3) is 0 Å². The molecule has 0 aromatic rings. The Morgan fingerprint density at radius 1 is 1.21 bits per heavy atom. The molecule has 0 saturated carbocycles. The van der Waals surface area contributed by atoms with Crippen LogP contribution >= 0.6 is 0 Å². The van der Waals surface area contributed by atoms with Gasteiger partial charge in [-0.2, -0.15) is 0 Å². The van der Waals surface area contributed by atoms with E-state index >= 15 is 0 Å². The fourth-order valence-corrected chi connectivity index (χ4v) is 1.39. The van der Waals surface area contributed by atoms with E-state index in [1.54, 1.807) is 0 Å². The minimum Gasteiger partial charge on any atom is -0.308 e. The molecule has 84 valence electrons. The maximum absolute atomic E-state index is 3.51. The van der Waals surface area contributed by atoms with Crippen LogP contribution in [-0.2, 0) is 0 Å². The minimum absolute atomic E-state index is 0.225. The van der Waals surface area contributed by atoms with Crippen LogP contribution in [0.3, 0.4) is 0 Å². The van der Waals surface area contributed by atoms with Crippen molar-refractivity contribution in [2.75, 3.05) is 6.54 Å². The van der Waals surface area contributed by atoms with Crippen molar-refractivity contribution in [3.05, 3.63) is 11.6 Å². The largest absolute Gasteiger partial charge is 0.308 e. The molecule has 0 radical (unpaired) electrons. The number of allylic oxidation sites excluding steroid dienone is 1. The minimum atomic E-state index is 0.225. The standard InChI is InChI=1S/C13H27N/c1-7-12(8-2)9-11(3)10-14-13(4,5)6/h9,12,14H,7-8,10H2,1-6H3. The monoisotopic (exact) mass is 197 g/mol. The number of nitrogens with one attached hydrogen (secondary N) is 1. The van der Waals surface area contributed by atoms with Crippen molar-refractivity contribution in [3.63, 3.8) is 0 Å². The maximum atomic E-state index is 3.51. The summed E-state index contributed by atoms with van der Waals surface area (Å²) in [5, 5.41) is 3.51. The molecule has 0 atom stereocenters. The summed E-state index contributed by atoms with van der Waals surface area (Å²) in [4.78, 5) is 0. The van der Waals surface area contributed by atoms with E-state index in [-0.39, 0.29) is 5.54 Å². The Labute approximate surface area is 90.0 Å². The Balaban J connectivity index is 4.00. The summed E-state index contributed by atoms with van der Waals surface area (Å²) < 4.78 is 0. The summed E-state index contributed by atoms with van der Waals surface area (Å²) in [6.07, 6.45) is 4.92. The average molecular weight is 197 g/mol. The van der Waals surface area contributed by atoms with E-state index in [0.717, 1.165) is 12.5 Å². The van der Waals surface area contributed by atoms with Gasteiger partial charge in [0, 0.05) is 12.1 Å². The van der Waals surface area contributed by atoms with E-state index in [2.05, 4.69) is 52.9 Å². The van der Waals surface area contributed by atoms with Gasteiger partial charge in [-0.25, -0.2) is 0 Å². The first-order valence-electron chi connectivity index (χ1n) is 5.81. The van der Waals surface area contributed by atoms with Crippen LogP contribution in [0.4, 0.5) is 0 Å². The topological polar surface area (TPSA) is 12.0 Å². The summed E-state index contributed by atoms with van der Waals surface area (Å²) >= 11 is 0. The molecule has 0 fully saturated rings. The molecular weight excluding hydrogens is 170 g/mol. The van der Waals surface area contributed by atoms with Gasteiger partial charge in [0.1, 0.15) is 0 Å². The van der Waals surface area contributed by atoms with E-state index in [1.807, 2.05) is 0 Å². The lowest BCUT2D eigenvalue weighted by Crippen LogP contribution is -2.36. The molecule has 0 bridgehead atoms. The van der Waals surface area contributed by atoms with Gasteiger partial charge >= 0.3 is 0 Å². The van der Waals surface area contributed by atoms with Gasteiger partial charge < -0.3 is 5.32 Å². The van der Waals surface area contributed by atoms with Crippen molar-refractivity contribution < 1.29 is 0 Å². The first-order valence-corrected chi connectivity index (χ1v) is 5.81. The van der Waals surface area contributed by atoms with Gasteiger partial charge in [-0.15, -0.1) is 0 Å². The summed E-state index contributed by atoms with van der Waals surface area (Å²) in [5.41, 5.74) is 1.69. The molecule has 0 heterocycles. The van der Waals surface area contributed by atoms with E-state index in [0.29, 0.717) is 0 Å². The Hall–Kier alpha value is -0.300. The first-order chi connectivity index (χ1) is 6.39. The lowest BCUT2D eigenvalue weighted by atomic mass is 10.00. The van der Waals surface area contributed by atoms with Crippen molar-refractivity contribution in [2.45, 2.75) is 59.9 Å². The van der Waals surface area contributed by atoms with Gasteiger partial charge in [-0.1, -0.05) is 25.5 Å². The lowest BCUT2D eigenvalue weighted by Gasteiger charge is -2.21. The van der Waals surface area contributed by atoms with Crippen LogP contribution in [-0.4, -0.2) is 12.1 Å². The zero-order valence-electron chi connectivity index (χ0n) is 10.8. The molecule has 0 aliphatic carbocycles. The van der Waals surface area contributed by atoms with Crippen molar-refractivity contribution in [1.29, 1.82) is 0 Å². The highest BCUT2D eigenvalue weighted by atomic mass is 14.9. The molecule has 14 heavy (non-hydrogen) atoms. The second kappa shape index (κ2) is 6.23. The SMILES string of the molecule is CCC(C=C(C)CNC(C)(C)C)CC. The maximum Gasteiger partial charge on any atom is 0.0166 e. The summed E-state index contributed by atoms with van der Waals surface area (Å²) in [6, 6.07) is 0. The second-order valence-electron chi connectivity index (χ2n) is 5.19. The fourth-order valence-electron chi connectivity index (χ4n) is 1.39. The van der Waals surface area contributed by atoms with Gasteiger partial charge in [0.15, 0.2) is 0 Å².